The van der Waals surface area contributed by atoms with Crippen molar-refractivity contribution in [2.45, 2.75) is 13.3 Å². The van der Waals surface area contributed by atoms with Crippen LogP contribution in [0.25, 0.3) is 0 Å². The molecular formula is C15H14N2O4. The van der Waals surface area contributed by atoms with E-state index in [0.717, 1.165) is 4.90 Å². The molecule has 0 aromatic heterocycles. The Morgan fingerprint density at radius 3 is 2.71 bits per heavy atom. The largest absolute Gasteiger partial charge is 0.274 e. The van der Waals surface area contributed by atoms with Crippen molar-refractivity contribution in [2.24, 2.45) is 17.8 Å². The van der Waals surface area contributed by atoms with Gasteiger partial charge >= 0.3 is 0 Å². The van der Waals surface area contributed by atoms with Crippen molar-refractivity contribution in [2.75, 3.05) is 4.90 Å². The number of amides is 2. The molecular weight excluding hydrogens is 272 g/mol. The maximum absolute atomic E-state index is 12.5. The Balaban J connectivity index is 2.00. The Labute approximate surface area is 121 Å². The van der Waals surface area contributed by atoms with Gasteiger partial charge in [0.05, 0.1) is 22.4 Å². The van der Waals surface area contributed by atoms with E-state index in [4.69, 9.17) is 0 Å². The van der Waals surface area contributed by atoms with E-state index in [1.54, 1.807) is 6.07 Å². The standard InChI is InChI=1S/C15H14N2O4/c1-9-4-2-7-12-13(9)15(19)16(14(12)18)10-5-3-6-11(8-10)17(20)21/h2-6,8-9,12-13H,7H2,1H3/t9-,12+,13+/m1/s1. The molecule has 0 bridgehead atoms. The van der Waals surface area contributed by atoms with Gasteiger partial charge in [-0.25, -0.2) is 4.90 Å². The van der Waals surface area contributed by atoms with Crippen molar-refractivity contribution in [1.29, 1.82) is 0 Å². The summed E-state index contributed by atoms with van der Waals surface area (Å²) in [6, 6.07) is 5.65. The normalized spacial score (nSPS) is 27.9. The number of imide groups is 1. The van der Waals surface area contributed by atoms with E-state index in [0.29, 0.717) is 6.42 Å². The summed E-state index contributed by atoms with van der Waals surface area (Å²) in [6.45, 7) is 1.91. The van der Waals surface area contributed by atoms with Gasteiger partial charge in [-0.3, -0.25) is 19.7 Å². The smallest absolute Gasteiger partial charge is 0.271 e. The van der Waals surface area contributed by atoms with Gasteiger partial charge in [0.2, 0.25) is 11.8 Å². The second kappa shape index (κ2) is 4.80. The third-order valence-electron chi connectivity index (χ3n) is 4.17. The van der Waals surface area contributed by atoms with Gasteiger partial charge in [0.25, 0.3) is 5.69 Å². The van der Waals surface area contributed by atoms with Gasteiger partial charge in [0.1, 0.15) is 0 Å². The quantitative estimate of drug-likeness (QED) is 0.361. The molecule has 1 aliphatic carbocycles. The minimum atomic E-state index is -0.536. The molecule has 0 radical (unpaired) electrons. The van der Waals surface area contributed by atoms with Gasteiger partial charge in [0.15, 0.2) is 0 Å². The fraction of sp³-hybridized carbons (Fsp3) is 0.333. The molecule has 3 atom stereocenters. The number of allylic oxidation sites excluding steroid dienone is 2. The number of fused-ring (bicyclic) bond motifs is 1. The maximum Gasteiger partial charge on any atom is 0.271 e. The molecule has 1 aromatic carbocycles. The van der Waals surface area contributed by atoms with Crippen molar-refractivity contribution in [3.63, 3.8) is 0 Å². The van der Waals surface area contributed by atoms with Crippen molar-refractivity contribution >= 4 is 23.2 Å². The van der Waals surface area contributed by atoms with Crippen LogP contribution in [0.1, 0.15) is 13.3 Å². The van der Waals surface area contributed by atoms with E-state index in [1.165, 1.54) is 18.2 Å². The van der Waals surface area contributed by atoms with Crippen LogP contribution in [0.3, 0.4) is 0 Å². The van der Waals surface area contributed by atoms with Gasteiger partial charge in [-0.15, -0.1) is 0 Å². The second-order valence-corrected chi connectivity index (χ2v) is 5.44. The highest BCUT2D eigenvalue weighted by Crippen LogP contribution is 2.40. The lowest BCUT2D eigenvalue weighted by molar-refractivity contribution is -0.384. The molecule has 2 aliphatic rings. The number of anilines is 1. The first kappa shape index (κ1) is 13.5. The van der Waals surface area contributed by atoms with E-state index in [2.05, 4.69) is 0 Å². The highest BCUT2D eigenvalue weighted by molar-refractivity contribution is 6.22. The minimum Gasteiger partial charge on any atom is -0.274 e. The molecule has 1 aliphatic heterocycles. The zero-order valence-corrected chi connectivity index (χ0v) is 11.4. The van der Waals surface area contributed by atoms with Gasteiger partial charge in [0, 0.05) is 12.1 Å². The molecule has 21 heavy (non-hydrogen) atoms. The zero-order chi connectivity index (χ0) is 15.1. The van der Waals surface area contributed by atoms with Crippen LogP contribution < -0.4 is 4.90 Å². The van der Waals surface area contributed by atoms with E-state index in [-0.39, 0.29) is 40.9 Å². The van der Waals surface area contributed by atoms with Crippen molar-refractivity contribution < 1.29 is 14.5 Å². The second-order valence-electron chi connectivity index (χ2n) is 5.44. The van der Waals surface area contributed by atoms with E-state index < -0.39 is 4.92 Å². The number of non-ortho nitro benzene ring substituents is 1. The van der Waals surface area contributed by atoms with E-state index in [1.807, 2.05) is 19.1 Å². The fourth-order valence-corrected chi connectivity index (χ4v) is 3.15. The van der Waals surface area contributed by atoms with Crippen LogP contribution in [0.5, 0.6) is 0 Å². The van der Waals surface area contributed by atoms with Crippen LogP contribution in [-0.2, 0) is 9.59 Å². The Bertz CT molecular complexity index is 667. The number of carbonyl (C=O) groups excluding carboxylic acids is 2. The first-order chi connectivity index (χ1) is 10.0. The third-order valence-corrected chi connectivity index (χ3v) is 4.17. The van der Waals surface area contributed by atoms with Gasteiger partial charge in [-0.1, -0.05) is 25.1 Å². The highest BCUT2D eigenvalue weighted by Gasteiger charge is 2.50. The molecule has 0 N–H and O–H groups in total. The van der Waals surface area contributed by atoms with Crippen LogP contribution in [0.15, 0.2) is 36.4 Å². The van der Waals surface area contributed by atoms with E-state index >= 15 is 0 Å². The summed E-state index contributed by atoms with van der Waals surface area (Å²) < 4.78 is 0. The third kappa shape index (κ3) is 2.03. The summed E-state index contributed by atoms with van der Waals surface area (Å²) in [5.74, 6) is -1.23. The van der Waals surface area contributed by atoms with Crippen LogP contribution in [-0.4, -0.2) is 16.7 Å². The van der Waals surface area contributed by atoms with Gasteiger partial charge in [-0.05, 0) is 18.4 Å². The average molecular weight is 286 g/mol. The lowest BCUT2D eigenvalue weighted by atomic mass is 9.78. The van der Waals surface area contributed by atoms with Gasteiger partial charge in [-0.2, -0.15) is 0 Å². The summed E-state index contributed by atoms with van der Waals surface area (Å²) in [5, 5.41) is 10.8. The molecule has 0 spiro atoms. The molecule has 1 saturated heterocycles. The number of hydrogen-bond donors (Lipinski definition) is 0. The monoisotopic (exact) mass is 286 g/mol. The Morgan fingerprint density at radius 2 is 2.05 bits per heavy atom. The SMILES string of the molecule is C[C@@H]1C=CC[C@@H]2C(=O)N(c3cccc([N+](=O)[O-])c3)C(=O)[C@@H]12. The number of hydrogen-bond acceptors (Lipinski definition) is 4. The minimum absolute atomic E-state index is 0.00361. The van der Waals surface area contributed by atoms with Crippen molar-refractivity contribution in [3.05, 3.63) is 46.5 Å². The predicted octanol–water partition coefficient (Wildman–Crippen LogP) is 2.30. The van der Waals surface area contributed by atoms with Gasteiger partial charge < -0.3 is 0 Å². The topological polar surface area (TPSA) is 80.5 Å². The number of nitro benzene ring substituents is 1. The van der Waals surface area contributed by atoms with Crippen molar-refractivity contribution in [3.8, 4) is 0 Å². The molecule has 1 fully saturated rings. The summed E-state index contributed by atoms with van der Waals surface area (Å²) in [4.78, 5) is 36.4. The Morgan fingerprint density at radius 1 is 1.29 bits per heavy atom. The van der Waals surface area contributed by atoms with Crippen LogP contribution in [0.4, 0.5) is 11.4 Å². The average Bonchev–Trinajstić information content (AvgIpc) is 2.72. The number of carbonyl (C=O) groups is 2. The van der Waals surface area contributed by atoms with Crippen LogP contribution >= 0.6 is 0 Å². The zero-order valence-electron chi connectivity index (χ0n) is 11.4. The molecule has 6 heteroatoms. The first-order valence-corrected chi connectivity index (χ1v) is 6.79. The fourth-order valence-electron chi connectivity index (χ4n) is 3.15. The number of nitro groups is 1. The Kier molecular flexibility index (Phi) is 3.08. The number of nitrogens with zero attached hydrogens (tertiary/aromatic N) is 2. The molecule has 1 aromatic rings. The van der Waals surface area contributed by atoms with Crippen molar-refractivity contribution in [1.82, 2.24) is 0 Å². The Hall–Kier alpha value is -2.50. The maximum atomic E-state index is 12.5. The molecule has 2 amide bonds. The molecule has 1 heterocycles. The highest BCUT2D eigenvalue weighted by atomic mass is 16.6. The van der Waals surface area contributed by atoms with Crippen LogP contribution in [0, 0.1) is 27.9 Å². The summed E-state index contributed by atoms with van der Waals surface area (Å²) in [7, 11) is 0. The number of benzene rings is 1. The summed E-state index contributed by atoms with van der Waals surface area (Å²) in [6.07, 6.45) is 4.42. The van der Waals surface area contributed by atoms with Crippen LogP contribution in [0.2, 0.25) is 0 Å². The lowest BCUT2D eigenvalue weighted by Gasteiger charge is -2.22. The summed E-state index contributed by atoms with van der Waals surface area (Å²) in [5.41, 5.74) is 0.148. The number of rotatable bonds is 2. The predicted molar refractivity (Wildman–Crippen MR) is 75.5 cm³/mol. The molecule has 108 valence electrons. The molecule has 0 unspecified atom stereocenters. The summed E-state index contributed by atoms with van der Waals surface area (Å²) >= 11 is 0. The molecule has 0 saturated carbocycles. The van der Waals surface area contributed by atoms with E-state index in [9.17, 15) is 19.7 Å². The first-order valence-electron chi connectivity index (χ1n) is 6.79. The molecule has 3 rings (SSSR count). The lowest BCUT2D eigenvalue weighted by Crippen LogP contribution is -2.31. The molecule has 6 nitrogen and oxygen atoms in total.